The number of hydrogen-bond donors (Lipinski definition) is 3. The summed E-state index contributed by atoms with van der Waals surface area (Å²) in [5.41, 5.74) is 6.85. The molecule has 0 aliphatic carbocycles. The van der Waals surface area contributed by atoms with Crippen molar-refractivity contribution in [2.75, 3.05) is 32.7 Å². The number of aromatic nitrogens is 1. The largest absolute Gasteiger partial charge is 0.361 e. The first-order chi connectivity index (χ1) is 19.4. The van der Waals surface area contributed by atoms with Crippen LogP contribution in [-0.2, 0) is 22.6 Å². The number of amides is 2. The molecule has 5 rings (SSSR count). The lowest BCUT2D eigenvalue weighted by molar-refractivity contribution is -0.129. The van der Waals surface area contributed by atoms with E-state index in [2.05, 4.69) is 64.4 Å². The highest BCUT2D eigenvalue weighted by molar-refractivity contribution is 5.90. The molecule has 40 heavy (non-hydrogen) atoms. The molecule has 7 nitrogen and oxygen atoms in total. The van der Waals surface area contributed by atoms with Gasteiger partial charge in [0.15, 0.2) is 0 Å². The van der Waals surface area contributed by atoms with E-state index in [0.717, 1.165) is 48.0 Å². The van der Waals surface area contributed by atoms with Crippen molar-refractivity contribution in [1.82, 2.24) is 25.4 Å². The number of nitrogens with zero attached hydrogens (tertiary/aromatic N) is 2. The molecule has 3 aromatic rings. The lowest BCUT2D eigenvalue weighted by Gasteiger charge is -2.40. The van der Waals surface area contributed by atoms with Crippen LogP contribution in [0.4, 0.5) is 0 Å². The Labute approximate surface area is 238 Å². The fraction of sp³-hybridized carbons (Fsp3) is 0.515. The zero-order valence-corrected chi connectivity index (χ0v) is 24.4. The summed E-state index contributed by atoms with van der Waals surface area (Å²) in [4.78, 5) is 35.0. The average molecular weight is 544 g/mol. The minimum Gasteiger partial charge on any atom is -0.361 e. The molecule has 0 spiro atoms. The third-order valence-corrected chi connectivity index (χ3v) is 9.04. The van der Waals surface area contributed by atoms with Gasteiger partial charge in [-0.3, -0.25) is 14.5 Å². The molecule has 1 aromatic heterocycles. The highest BCUT2D eigenvalue weighted by Crippen LogP contribution is 2.22. The Hall–Kier alpha value is -3.16. The number of para-hydroxylation sites is 1. The van der Waals surface area contributed by atoms with Crippen molar-refractivity contribution < 1.29 is 9.59 Å². The molecular weight excluding hydrogens is 498 g/mol. The van der Waals surface area contributed by atoms with Gasteiger partial charge in [-0.15, -0.1) is 0 Å². The van der Waals surface area contributed by atoms with E-state index >= 15 is 0 Å². The summed E-state index contributed by atoms with van der Waals surface area (Å²) in [6.45, 7) is 11.4. The van der Waals surface area contributed by atoms with Gasteiger partial charge in [0.2, 0.25) is 11.8 Å². The Morgan fingerprint density at radius 1 is 0.975 bits per heavy atom. The molecule has 2 aliphatic heterocycles. The molecule has 0 radical (unpaired) electrons. The average Bonchev–Trinajstić information content (AvgIpc) is 3.37. The fourth-order valence-electron chi connectivity index (χ4n) is 6.44. The Morgan fingerprint density at radius 3 is 2.40 bits per heavy atom. The highest BCUT2D eigenvalue weighted by Gasteiger charge is 2.28. The molecule has 3 heterocycles. The summed E-state index contributed by atoms with van der Waals surface area (Å²) >= 11 is 0. The number of aromatic amines is 1. The fourth-order valence-corrected chi connectivity index (χ4v) is 6.44. The molecule has 1 unspecified atom stereocenters. The molecule has 7 heteroatoms. The number of H-pyrrole nitrogens is 1. The molecule has 2 fully saturated rings. The third kappa shape index (κ3) is 6.94. The van der Waals surface area contributed by atoms with Crippen LogP contribution in [0.3, 0.4) is 0 Å². The van der Waals surface area contributed by atoms with E-state index in [9.17, 15) is 9.59 Å². The first kappa shape index (κ1) is 28.4. The minimum absolute atomic E-state index is 0.0848. The Kier molecular flexibility index (Phi) is 9.22. The number of aryl methyl sites for hydroxylation is 2. The second-order valence-corrected chi connectivity index (χ2v) is 11.9. The van der Waals surface area contributed by atoms with Crippen molar-refractivity contribution >= 4 is 22.7 Å². The quantitative estimate of drug-likeness (QED) is 0.374. The minimum atomic E-state index is -0.648. The number of carbonyl (C=O) groups excluding carboxylic acids is 2. The van der Waals surface area contributed by atoms with Crippen molar-refractivity contribution in [2.24, 2.45) is 0 Å². The lowest BCUT2D eigenvalue weighted by atomic mass is 10.00. The van der Waals surface area contributed by atoms with E-state index in [4.69, 9.17) is 0 Å². The zero-order chi connectivity index (χ0) is 28.1. The van der Waals surface area contributed by atoms with Gasteiger partial charge in [0.1, 0.15) is 6.04 Å². The van der Waals surface area contributed by atoms with Crippen molar-refractivity contribution in [1.29, 1.82) is 0 Å². The maximum atomic E-state index is 13.5. The third-order valence-electron chi connectivity index (χ3n) is 9.04. The summed E-state index contributed by atoms with van der Waals surface area (Å²) in [5, 5.41) is 7.28. The van der Waals surface area contributed by atoms with Crippen LogP contribution in [0.5, 0.6) is 0 Å². The van der Waals surface area contributed by atoms with Crippen LogP contribution in [-0.4, -0.2) is 71.4 Å². The summed E-state index contributed by atoms with van der Waals surface area (Å²) in [7, 11) is 0. The van der Waals surface area contributed by atoms with Crippen LogP contribution in [0.15, 0.2) is 42.6 Å². The van der Waals surface area contributed by atoms with Crippen LogP contribution in [0, 0.1) is 20.8 Å². The number of likely N-dealkylation sites (tertiary alicyclic amines) is 2. The van der Waals surface area contributed by atoms with E-state index in [1.807, 2.05) is 24.4 Å². The second-order valence-electron chi connectivity index (χ2n) is 11.9. The van der Waals surface area contributed by atoms with Crippen LogP contribution in [0.25, 0.3) is 10.9 Å². The summed E-state index contributed by atoms with van der Waals surface area (Å²) < 4.78 is 0. The molecule has 2 aromatic carbocycles. The maximum absolute atomic E-state index is 13.5. The van der Waals surface area contributed by atoms with Crippen molar-refractivity contribution in [2.45, 2.75) is 77.9 Å². The molecule has 0 bridgehead atoms. The first-order valence-electron chi connectivity index (χ1n) is 15.0. The van der Waals surface area contributed by atoms with Crippen LogP contribution >= 0.6 is 0 Å². The predicted molar refractivity (Wildman–Crippen MR) is 161 cm³/mol. The van der Waals surface area contributed by atoms with Crippen molar-refractivity contribution in [3.8, 4) is 0 Å². The van der Waals surface area contributed by atoms with Gasteiger partial charge in [-0.2, -0.15) is 0 Å². The van der Waals surface area contributed by atoms with Gasteiger partial charge >= 0.3 is 0 Å². The number of hydrogen-bond acceptors (Lipinski definition) is 4. The zero-order valence-electron chi connectivity index (χ0n) is 24.4. The number of rotatable bonds is 9. The van der Waals surface area contributed by atoms with Gasteiger partial charge in [-0.05, 0) is 93.4 Å². The van der Waals surface area contributed by atoms with Gasteiger partial charge < -0.3 is 20.5 Å². The molecule has 2 amide bonds. The molecule has 214 valence electrons. The molecule has 1 atom stereocenters. The van der Waals surface area contributed by atoms with Gasteiger partial charge in [-0.25, -0.2) is 0 Å². The number of carbonyl (C=O) groups is 2. The summed E-state index contributed by atoms with van der Waals surface area (Å²) in [5.74, 6) is -0.239. The summed E-state index contributed by atoms with van der Waals surface area (Å²) in [6, 6.07) is 12.3. The van der Waals surface area contributed by atoms with E-state index in [0.29, 0.717) is 25.6 Å². The monoisotopic (exact) mass is 543 g/mol. The van der Waals surface area contributed by atoms with E-state index in [1.54, 1.807) is 0 Å². The number of piperidine rings is 2. The van der Waals surface area contributed by atoms with E-state index in [-0.39, 0.29) is 11.8 Å². The SMILES string of the molecule is Cc1cc(CNC(=O)C(Cc2c[nH]c3ccccc23)NC(=O)CN2CCC(N3CCCCC3)CC2)cc(C)c1C. The van der Waals surface area contributed by atoms with Crippen molar-refractivity contribution in [3.05, 3.63) is 70.4 Å². The van der Waals surface area contributed by atoms with Gasteiger partial charge in [0.05, 0.1) is 6.54 Å². The Bertz CT molecular complexity index is 1290. The van der Waals surface area contributed by atoms with Crippen LogP contribution in [0.1, 0.15) is 59.9 Å². The topological polar surface area (TPSA) is 80.5 Å². The van der Waals surface area contributed by atoms with Crippen molar-refractivity contribution in [3.63, 3.8) is 0 Å². The van der Waals surface area contributed by atoms with Crippen LogP contribution in [0.2, 0.25) is 0 Å². The Morgan fingerprint density at radius 2 is 1.68 bits per heavy atom. The van der Waals surface area contributed by atoms with Gasteiger partial charge in [0, 0.05) is 49.2 Å². The first-order valence-corrected chi connectivity index (χ1v) is 15.0. The molecule has 2 aliphatic rings. The van der Waals surface area contributed by atoms with Gasteiger partial charge in [0.25, 0.3) is 0 Å². The number of benzene rings is 2. The van der Waals surface area contributed by atoms with E-state index < -0.39 is 6.04 Å². The van der Waals surface area contributed by atoms with Crippen LogP contribution < -0.4 is 10.6 Å². The molecule has 3 N–H and O–H groups in total. The summed E-state index contributed by atoms with van der Waals surface area (Å²) in [6.07, 6.45) is 8.59. The smallest absolute Gasteiger partial charge is 0.243 e. The van der Waals surface area contributed by atoms with E-state index in [1.165, 1.54) is 49.0 Å². The highest BCUT2D eigenvalue weighted by atomic mass is 16.2. The maximum Gasteiger partial charge on any atom is 0.243 e. The number of nitrogens with one attached hydrogen (secondary N) is 3. The lowest BCUT2D eigenvalue weighted by Crippen LogP contribution is -2.52. The standard InChI is InChI=1S/C33H45N5O2/c1-23-17-26(18-24(2)25(23)3)20-35-33(40)31(19-27-21-34-30-10-6-5-9-29(27)30)36-32(39)22-37-15-11-28(12-16-37)38-13-7-4-8-14-38/h5-6,9-10,17-18,21,28,31,34H,4,7-8,11-16,19-20,22H2,1-3H3,(H,35,40)(H,36,39). The molecule has 0 saturated carbocycles. The Balaban J connectivity index is 1.22. The second kappa shape index (κ2) is 13.0. The normalized spacial score (nSPS) is 18.1. The predicted octanol–water partition coefficient (Wildman–Crippen LogP) is 4.39. The van der Waals surface area contributed by atoms with Gasteiger partial charge in [-0.1, -0.05) is 36.8 Å². The number of fused-ring (bicyclic) bond motifs is 1. The molecular formula is C33H45N5O2. The molecule has 2 saturated heterocycles.